The van der Waals surface area contributed by atoms with E-state index >= 15 is 0 Å². The molecule has 124 valence electrons. The fraction of sp³-hybridized carbons (Fsp3) is 0.105. The molecule has 0 unspecified atom stereocenters. The van der Waals surface area contributed by atoms with Gasteiger partial charge in [-0.05, 0) is 35.7 Å². The molecule has 0 saturated carbocycles. The van der Waals surface area contributed by atoms with E-state index in [4.69, 9.17) is 0 Å². The number of fused-ring (bicyclic) bond motifs is 1. The maximum Gasteiger partial charge on any atom is 0.272 e. The van der Waals surface area contributed by atoms with Crippen LogP contribution in [0, 0.1) is 6.92 Å². The normalized spacial score (nSPS) is 10.9. The smallest absolute Gasteiger partial charge is 0.272 e. The predicted molar refractivity (Wildman–Crippen MR) is 96.0 cm³/mol. The first-order valence-electron chi connectivity index (χ1n) is 8.02. The minimum absolute atomic E-state index is 0.189. The van der Waals surface area contributed by atoms with Crippen molar-refractivity contribution in [2.24, 2.45) is 0 Å². The summed E-state index contributed by atoms with van der Waals surface area (Å²) in [6.45, 7) is 2.51. The molecule has 0 spiro atoms. The Kier molecular flexibility index (Phi) is 3.78. The van der Waals surface area contributed by atoms with Crippen molar-refractivity contribution in [2.75, 3.05) is 0 Å². The number of aromatic amines is 2. The number of nitrogens with one attached hydrogen (secondary N) is 3. The monoisotopic (exact) mass is 331 g/mol. The third-order valence-electron chi connectivity index (χ3n) is 4.31. The molecule has 0 aliphatic heterocycles. The lowest BCUT2D eigenvalue weighted by Crippen LogP contribution is -2.23. The number of carbonyl (C=O) groups is 1. The molecule has 4 rings (SSSR count). The molecule has 0 atom stereocenters. The van der Waals surface area contributed by atoms with Gasteiger partial charge in [0.25, 0.3) is 5.91 Å². The first kappa shape index (κ1) is 15.1. The Hall–Kier alpha value is -3.41. The van der Waals surface area contributed by atoms with E-state index in [2.05, 4.69) is 25.7 Å². The minimum Gasteiger partial charge on any atom is -0.347 e. The maximum absolute atomic E-state index is 12.5. The standard InChI is InChI=1S/C19H17N5O/c1-12-4-2-3-5-14(12)9-20-19(25)18-16-7-6-13(8-17(16)23-24-18)15-10-21-22-11-15/h2-8,10-11H,9H2,1H3,(H,20,25)(H,21,22)(H,23,24). The molecule has 2 heterocycles. The van der Waals surface area contributed by atoms with Crippen molar-refractivity contribution in [2.45, 2.75) is 13.5 Å². The van der Waals surface area contributed by atoms with Crippen molar-refractivity contribution < 1.29 is 4.79 Å². The van der Waals surface area contributed by atoms with Crippen molar-refractivity contribution in [3.05, 3.63) is 71.7 Å². The van der Waals surface area contributed by atoms with Crippen LogP contribution in [0.2, 0.25) is 0 Å². The molecule has 4 aromatic rings. The van der Waals surface area contributed by atoms with Crippen molar-refractivity contribution in [1.82, 2.24) is 25.7 Å². The number of hydrogen-bond acceptors (Lipinski definition) is 3. The second-order valence-electron chi connectivity index (χ2n) is 5.93. The van der Waals surface area contributed by atoms with E-state index in [1.54, 1.807) is 6.20 Å². The number of H-pyrrole nitrogens is 2. The highest BCUT2D eigenvalue weighted by Gasteiger charge is 2.15. The fourth-order valence-corrected chi connectivity index (χ4v) is 2.85. The number of aryl methyl sites for hydroxylation is 1. The van der Waals surface area contributed by atoms with Crippen molar-refractivity contribution in [3.63, 3.8) is 0 Å². The molecule has 0 bridgehead atoms. The summed E-state index contributed by atoms with van der Waals surface area (Å²) >= 11 is 0. The van der Waals surface area contributed by atoms with Gasteiger partial charge in [-0.3, -0.25) is 15.0 Å². The highest BCUT2D eigenvalue weighted by atomic mass is 16.1. The topological polar surface area (TPSA) is 86.5 Å². The summed E-state index contributed by atoms with van der Waals surface area (Å²) in [6.07, 6.45) is 3.58. The Bertz CT molecular complexity index is 1030. The zero-order valence-electron chi connectivity index (χ0n) is 13.7. The SMILES string of the molecule is Cc1ccccc1CNC(=O)c1n[nH]c2cc(-c3cn[nH]c3)ccc12. The van der Waals surface area contributed by atoms with E-state index in [1.165, 1.54) is 0 Å². The molecule has 0 aliphatic rings. The Morgan fingerprint density at radius 1 is 1.16 bits per heavy atom. The number of hydrogen-bond donors (Lipinski definition) is 3. The van der Waals surface area contributed by atoms with Crippen LogP contribution in [0.5, 0.6) is 0 Å². The Morgan fingerprint density at radius 3 is 2.84 bits per heavy atom. The number of amides is 1. The summed E-state index contributed by atoms with van der Waals surface area (Å²) in [7, 11) is 0. The van der Waals surface area contributed by atoms with E-state index in [1.807, 2.05) is 55.6 Å². The van der Waals surface area contributed by atoms with Crippen LogP contribution in [0.3, 0.4) is 0 Å². The number of aromatic nitrogens is 4. The molecule has 6 heteroatoms. The van der Waals surface area contributed by atoms with Crippen molar-refractivity contribution in [3.8, 4) is 11.1 Å². The van der Waals surface area contributed by atoms with Crippen LogP contribution < -0.4 is 5.32 Å². The van der Waals surface area contributed by atoms with Crippen LogP contribution in [0.1, 0.15) is 21.6 Å². The molecule has 6 nitrogen and oxygen atoms in total. The molecular weight excluding hydrogens is 314 g/mol. The summed E-state index contributed by atoms with van der Waals surface area (Å²) in [5.74, 6) is -0.189. The second kappa shape index (κ2) is 6.24. The zero-order chi connectivity index (χ0) is 17.2. The van der Waals surface area contributed by atoms with Gasteiger partial charge in [0.2, 0.25) is 0 Å². The molecule has 2 aromatic carbocycles. The van der Waals surface area contributed by atoms with Gasteiger partial charge in [-0.1, -0.05) is 30.3 Å². The Labute approximate surface area is 144 Å². The van der Waals surface area contributed by atoms with Gasteiger partial charge in [-0.25, -0.2) is 0 Å². The molecule has 0 saturated heterocycles. The summed E-state index contributed by atoms with van der Waals surface area (Å²) < 4.78 is 0. The molecule has 1 amide bonds. The number of nitrogens with zero attached hydrogens (tertiary/aromatic N) is 2. The Balaban J connectivity index is 1.57. The van der Waals surface area contributed by atoms with Gasteiger partial charge in [0.1, 0.15) is 0 Å². The van der Waals surface area contributed by atoms with Crippen molar-refractivity contribution in [1.29, 1.82) is 0 Å². The van der Waals surface area contributed by atoms with E-state index in [0.717, 1.165) is 33.2 Å². The number of benzene rings is 2. The van der Waals surface area contributed by atoms with Gasteiger partial charge >= 0.3 is 0 Å². The fourth-order valence-electron chi connectivity index (χ4n) is 2.85. The lowest BCUT2D eigenvalue weighted by atomic mass is 10.1. The van der Waals surface area contributed by atoms with Gasteiger partial charge in [0, 0.05) is 23.7 Å². The third kappa shape index (κ3) is 2.89. The molecule has 2 aromatic heterocycles. The van der Waals surface area contributed by atoms with Crippen LogP contribution in [-0.4, -0.2) is 26.3 Å². The summed E-state index contributed by atoms with van der Waals surface area (Å²) in [5.41, 5.74) is 5.47. The van der Waals surface area contributed by atoms with E-state index < -0.39 is 0 Å². The van der Waals surface area contributed by atoms with Gasteiger partial charge in [-0.15, -0.1) is 0 Å². The Morgan fingerprint density at radius 2 is 2.04 bits per heavy atom. The van der Waals surface area contributed by atoms with E-state index in [9.17, 15) is 4.79 Å². The van der Waals surface area contributed by atoms with Crippen LogP contribution in [-0.2, 0) is 6.54 Å². The predicted octanol–water partition coefficient (Wildman–Crippen LogP) is 3.19. The van der Waals surface area contributed by atoms with Gasteiger partial charge < -0.3 is 5.32 Å². The second-order valence-corrected chi connectivity index (χ2v) is 5.93. The maximum atomic E-state index is 12.5. The van der Waals surface area contributed by atoms with Crippen LogP contribution in [0.4, 0.5) is 0 Å². The number of rotatable bonds is 4. The zero-order valence-corrected chi connectivity index (χ0v) is 13.7. The van der Waals surface area contributed by atoms with Gasteiger partial charge in [0.15, 0.2) is 5.69 Å². The van der Waals surface area contributed by atoms with Crippen LogP contribution >= 0.6 is 0 Å². The first-order valence-corrected chi connectivity index (χ1v) is 8.02. The largest absolute Gasteiger partial charge is 0.347 e. The van der Waals surface area contributed by atoms with E-state index in [-0.39, 0.29) is 5.91 Å². The van der Waals surface area contributed by atoms with Gasteiger partial charge in [-0.2, -0.15) is 10.2 Å². The molecular formula is C19H17N5O. The average molecular weight is 331 g/mol. The first-order chi connectivity index (χ1) is 12.2. The lowest BCUT2D eigenvalue weighted by molar-refractivity contribution is 0.0947. The molecule has 3 N–H and O–H groups in total. The highest BCUT2D eigenvalue weighted by Crippen LogP contribution is 2.24. The summed E-state index contributed by atoms with van der Waals surface area (Å²) in [4.78, 5) is 12.5. The van der Waals surface area contributed by atoms with E-state index in [0.29, 0.717) is 12.2 Å². The van der Waals surface area contributed by atoms with Gasteiger partial charge in [0.05, 0.1) is 11.7 Å². The highest BCUT2D eigenvalue weighted by molar-refractivity contribution is 6.05. The van der Waals surface area contributed by atoms with Crippen LogP contribution in [0.25, 0.3) is 22.0 Å². The average Bonchev–Trinajstić information content (AvgIpc) is 3.30. The summed E-state index contributed by atoms with van der Waals surface area (Å²) in [6, 6.07) is 13.8. The third-order valence-corrected chi connectivity index (χ3v) is 4.31. The molecule has 0 fully saturated rings. The molecule has 0 radical (unpaired) electrons. The minimum atomic E-state index is -0.189. The lowest BCUT2D eigenvalue weighted by Gasteiger charge is -2.06. The van der Waals surface area contributed by atoms with Crippen LogP contribution in [0.15, 0.2) is 54.9 Å². The molecule has 25 heavy (non-hydrogen) atoms. The number of carbonyl (C=O) groups excluding carboxylic acids is 1. The molecule has 0 aliphatic carbocycles. The summed E-state index contributed by atoms with van der Waals surface area (Å²) in [5, 5.41) is 17.6. The van der Waals surface area contributed by atoms with Crippen molar-refractivity contribution >= 4 is 16.8 Å². The quantitative estimate of drug-likeness (QED) is 0.537.